The van der Waals surface area contributed by atoms with Crippen molar-refractivity contribution in [3.63, 3.8) is 0 Å². The molecule has 84 heavy (non-hydrogen) atoms. The highest BCUT2D eigenvalue weighted by Crippen LogP contribution is 2.26. The first-order valence-electron chi connectivity index (χ1n) is 32.2. The molecule has 0 amide bonds. The molecule has 0 aliphatic heterocycles. The number of nitrogens with one attached hydrogen (secondary N) is 1. The van der Waals surface area contributed by atoms with Gasteiger partial charge in [0.2, 0.25) is 0 Å². The highest BCUT2D eigenvalue weighted by Gasteiger charge is 2.18. The molecule has 2 aromatic rings. The first-order chi connectivity index (χ1) is 40.9. The Balaban J connectivity index is -0.000000942. The minimum atomic E-state index is -3.28. The zero-order valence-corrected chi connectivity index (χ0v) is 54.6. The standard InChI is InChI=1S/C15H31NO3S.C13H27NO2.C13H21NO2.C7H9N.C7H12O.C6H15NO2.C3H7ClO.CH4O/c1-3-4-11-16(12-8-13-19-20(2,17)18)14-15-9-6-5-7-10-15;2*15-10-4-8-14(9-5-11-16)12-13-6-2-1-3-7-13;2*8-6-7-4-2-1-3-5-7;8-5-1-3-7-4-2-6-9;4-2-1-3-5;1-2/h15H,3-14H2,1-2H3;13,15-16H,1-12H2;1-3,6-7,15-16H,4-5,8-12H2;1-5H,6,8H2;6-7H,1-5H2;7-9H,1-6H2;5H,1-3H2;2H,1H3. The zero-order valence-electron chi connectivity index (χ0n) is 53.0. The molecule has 0 radical (unpaired) electrons. The Hall–Kier alpha value is -2.21. The van der Waals surface area contributed by atoms with Crippen molar-refractivity contribution in [2.45, 2.75) is 181 Å². The average molecular weight is 1240 g/mol. The molecule has 5 rings (SSSR count). The Morgan fingerprint density at radius 3 is 1.23 bits per heavy atom. The molecule has 0 aromatic heterocycles. The molecule has 3 aliphatic rings. The van der Waals surface area contributed by atoms with E-state index in [4.69, 9.17) is 62.4 Å². The number of hydrogen-bond donors (Lipinski definition) is 10. The molecule has 11 N–H and O–H groups in total. The number of nitrogens with two attached hydrogens (primary N) is 1. The van der Waals surface area contributed by atoms with Gasteiger partial charge in [-0.25, -0.2) is 0 Å². The highest BCUT2D eigenvalue weighted by molar-refractivity contribution is 7.85. The van der Waals surface area contributed by atoms with Gasteiger partial charge in [0, 0.05) is 124 Å². The number of aliphatic hydroxyl groups is 8. The summed E-state index contributed by atoms with van der Waals surface area (Å²) >= 11 is 5.14. The molecule has 3 fully saturated rings. The quantitative estimate of drug-likeness (QED) is 0.0133. The molecule has 0 saturated heterocycles. The normalized spacial score (nSPS) is 14.5. The van der Waals surface area contributed by atoms with Crippen LogP contribution in [0.4, 0.5) is 0 Å². The monoisotopic (exact) mass is 1240 g/mol. The molecule has 3 saturated carbocycles. The van der Waals surface area contributed by atoms with E-state index in [1.165, 1.54) is 121 Å². The number of rotatable bonds is 36. The molecule has 0 atom stereocenters. The largest absolute Gasteiger partial charge is 0.400 e. The van der Waals surface area contributed by atoms with Crippen molar-refractivity contribution in [1.29, 1.82) is 0 Å². The Bertz CT molecular complexity index is 1650. The number of aliphatic hydroxyl groups excluding tert-OH is 8. The Kier molecular flexibility index (Phi) is 69.9. The lowest BCUT2D eigenvalue weighted by Gasteiger charge is -2.29. The van der Waals surface area contributed by atoms with E-state index in [2.05, 4.69) is 39.1 Å². The molecule has 0 spiro atoms. The van der Waals surface area contributed by atoms with Gasteiger partial charge in [0.1, 0.15) is 6.29 Å². The van der Waals surface area contributed by atoms with Crippen LogP contribution in [-0.4, -0.2) is 208 Å². The number of aldehydes is 1. The lowest BCUT2D eigenvalue weighted by molar-refractivity contribution is -0.111. The Morgan fingerprint density at radius 2 is 0.905 bits per heavy atom. The van der Waals surface area contributed by atoms with Crippen molar-refractivity contribution >= 4 is 28.0 Å². The summed E-state index contributed by atoms with van der Waals surface area (Å²) < 4.78 is 26.7. The SMILES string of the molecule is CCCCN(CCCOS(C)(=O)=O)CC1CCCCC1.CO.NCc1ccccc1.O=CC1CCCCC1.OCCCCl.OCCCN(CCCO)CC1CCCCC1.OCCCN(CCCO)Cc1ccccc1.OCCCNCCCO. The van der Waals surface area contributed by atoms with Crippen molar-refractivity contribution in [3.05, 3.63) is 71.8 Å². The minimum Gasteiger partial charge on any atom is -0.400 e. The van der Waals surface area contributed by atoms with Gasteiger partial charge in [-0.1, -0.05) is 132 Å². The van der Waals surface area contributed by atoms with Crippen molar-refractivity contribution in [2.75, 3.05) is 138 Å². The number of carbonyl (C=O) groups is 1. The first kappa shape index (κ1) is 86.0. The maximum absolute atomic E-state index is 10.9. The van der Waals surface area contributed by atoms with Crippen LogP contribution in [0.25, 0.3) is 0 Å². The summed E-state index contributed by atoms with van der Waals surface area (Å²) in [4.78, 5) is 17.3. The van der Waals surface area contributed by atoms with Crippen LogP contribution in [0.5, 0.6) is 0 Å². The van der Waals surface area contributed by atoms with E-state index in [0.717, 1.165) is 148 Å². The molecule has 496 valence electrons. The summed E-state index contributed by atoms with van der Waals surface area (Å²) in [6.07, 6.45) is 31.0. The number of hydrogen-bond acceptors (Lipinski definition) is 17. The predicted molar refractivity (Wildman–Crippen MR) is 349 cm³/mol. The van der Waals surface area contributed by atoms with Gasteiger partial charge in [0.05, 0.1) is 12.9 Å². The van der Waals surface area contributed by atoms with Crippen LogP contribution in [0.3, 0.4) is 0 Å². The van der Waals surface area contributed by atoms with Crippen LogP contribution in [0.2, 0.25) is 0 Å². The van der Waals surface area contributed by atoms with Gasteiger partial charge in [0.15, 0.2) is 0 Å². The maximum Gasteiger partial charge on any atom is 0.264 e. The molecule has 0 heterocycles. The van der Waals surface area contributed by atoms with E-state index in [0.29, 0.717) is 31.4 Å². The number of halogens is 1. The fraction of sp³-hybridized carbons (Fsp3) is 0.800. The van der Waals surface area contributed by atoms with Crippen LogP contribution in [0.15, 0.2) is 60.7 Å². The second kappa shape index (κ2) is 68.3. The van der Waals surface area contributed by atoms with Crippen molar-refractivity contribution in [2.24, 2.45) is 23.5 Å². The number of carbonyl (C=O) groups excluding carboxylic acids is 1. The Labute approximate surface area is 517 Å². The third-order valence-corrected chi connectivity index (χ3v) is 15.1. The summed E-state index contributed by atoms with van der Waals surface area (Å²) in [7, 11) is -2.28. The number of nitrogens with zero attached hydrogens (tertiary/aromatic N) is 3. The van der Waals surface area contributed by atoms with E-state index >= 15 is 0 Å². The van der Waals surface area contributed by atoms with Gasteiger partial charge in [0.25, 0.3) is 10.1 Å². The highest BCUT2D eigenvalue weighted by atomic mass is 35.5. The van der Waals surface area contributed by atoms with E-state index < -0.39 is 10.1 Å². The molecule has 0 unspecified atom stereocenters. The minimum absolute atomic E-state index is 0.212. The lowest BCUT2D eigenvalue weighted by Crippen LogP contribution is -2.33. The van der Waals surface area contributed by atoms with E-state index in [1.807, 2.05) is 48.5 Å². The lowest BCUT2D eigenvalue weighted by atomic mass is 9.89. The number of benzene rings is 2. The molecule has 17 nitrogen and oxygen atoms in total. The van der Waals surface area contributed by atoms with Crippen molar-refractivity contribution in [3.8, 4) is 0 Å². The van der Waals surface area contributed by atoms with Crippen LogP contribution >= 0.6 is 11.6 Å². The third-order valence-electron chi connectivity index (χ3n) is 14.2. The molecular formula is C65H126ClN5O12S. The smallest absolute Gasteiger partial charge is 0.264 e. The van der Waals surface area contributed by atoms with Gasteiger partial charge in [-0.2, -0.15) is 8.42 Å². The van der Waals surface area contributed by atoms with Crippen LogP contribution < -0.4 is 11.1 Å². The summed E-state index contributed by atoms with van der Waals surface area (Å²) in [5.74, 6) is 2.67. The van der Waals surface area contributed by atoms with Gasteiger partial charge in [-0.3, -0.25) is 9.08 Å². The zero-order chi connectivity index (χ0) is 62.8. The van der Waals surface area contributed by atoms with E-state index in [-0.39, 0.29) is 46.2 Å². The topological polar surface area (TPSA) is 270 Å². The summed E-state index contributed by atoms with van der Waals surface area (Å²) in [6.45, 7) is 15.6. The van der Waals surface area contributed by atoms with Crippen molar-refractivity contribution < 1.29 is 58.2 Å². The van der Waals surface area contributed by atoms with Gasteiger partial charge >= 0.3 is 0 Å². The maximum atomic E-state index is 10.9. The fourth-order valence-corrected chi connectivity index (χ4v) is 10.2. The average Bonchev–Trinajstić information content (AvgIpc) is 3.55. The fourth-order valence-electron chi connectivity index (χ4n) is 9.70. The number of unbranched alkanes of at least 4 members (excludes halogenated alkanes) is 1. The molecular weight excluding hydrogens is 1110 g/mol. The summed E-state index contributed by atoms with van der Waals surface area (Å²) in [5.41, 5.74) is 7.81. The van der Waals surface area contributed by atoms with E-state index in [1.54, 1.807) is 0 Å². The van der Waals surface area contributed by atoms with Crippen LogP contribution in [-0.2, 0) is 32.2 Å². The van der Waals surface area contributed by atoms with Crippen molar-refractivity contribution in [1.82, 2.24) is 20.0 Å². The van der Waals surface area contributed by atoms with Crippen LogP contribution in [0, 0.1) is 17.8 Å². The van der Waals surface area contributed by atoms with Crippen LogP contribution in [0.1, 0.15) is 179 Å². The summed E-state index contributed by atoms with van der Waals surface area (Å²) in [6, 6.07) is 20.3. The third kappa shape index (κ3) is 61.4. The molecule has 19 heteroatoms. The second-order valence-electron chi connectivity index (χ2n) is 21.8. The second-order valence-corrected chi connectivity index (χ2v) is 23.8. The summed E-state index contributed by atoms with van der Waals surface area (Å²) in [5, 5.41) is 70.1. The van der Waals surface area contributed by atoms with Gasteiger partial charge in [-0.15, -0.1) is 11.6 Å². The number of alkyl halides is 1. The first-order valence-corrected chi connectivity index (χ1v) is 34.5. The molecule has 2 aromatic carbocycles. The predicted octanol–water partition coefficient (Wildman–Crippen LogP) is 8.39. The van der Waals surface area contributed by atoms with Gasteiger partial charge in [-0.05, 0) is 139 Å². The molecule has 0 bridgehead atoms. The van der Waals surface area contributed by atoms with Gasteiger partial charge < -0.3 is 66.5 Å². The van der Waals surface area contributed by atoms with E-state index in [9.17, 15) is 13.2 Å². The molecule has 3 aliphatic carbocycles. The Morgan fingerprint density at radius 1 is 0.536 bits per heavy atom.